The third-order valence-corrected chi connectivity index (χ3v) is 2.68. The number of carboxylic acid groups (broad SMARTS) is 1. The number of aryl methyl sites for hydroxylation is 2. The van der Waals surface area contributed by atoms with E-state index in [1.165, 1.54) is 6.92 Å². The van der Waals surface area contributed by atoms with Gasteiger partial charge in [-0.1, -0.05) is 0 Å². The van der Waals surface area contributed by atoms with Crippen LogP contribution in [0.2, 0.25) is 0 Å². The predicted octanol–water partition coefficient (Wildman–Crippen LogP) is 1.60. The van der Waals surface area contributed by atoms with Crippen molar-refractivity contribution in [3.63, 3.8) is 0 Å². The lowest BCUT2D eigenvalue weighted by Crippen LogP contribution is -2.32. The minimum absolute atomic E-state index is 0.387. The van der Waals surface area contributed by atoms with E-state index in [4.69, 9.17) is 9.84 Å². The molecule has 0 aliphatic heterocycles. The van der Waals surface area contributed by atoms with Gasteiger partial charge in [0.25, 0.3) is 0 Å². The summed E-state index contributed by atoms with van der Waals surface area (Å²) >= 11 is 0. The van der Waals surface area contributed by atoms with Gasteiger partial charge in [0.2, 0.25) is 0 Å². The molecular formula is C12H16O4. The standard InChI is InChI=1S/C12H16O4/c1-7-6-10(16-4)8(2)5-9(7)12(3,15)11(13)14/h5-6,15H,1-4H3,(H,13,14). The molecule has 0 fully saturated rings. The maximum atomic E-state index is 11.0. The number of methoxy groups -OCH3 is 1. The number of ether oxygens (including phenoxy) is 1. The lowest BCUT2D eigenvalue weighted by atomic mass is 9.90. The van der Waals surface area contributed by atoms with Crippen LogP contribution in [0.1, 0.15) is 23.6 Å². The first kappa shape index (κ1) is 12.5. The van der Waals surface area contributed by atoms with Crippen molar-refractivity contribution in [3.05, 3.63) is 28.8 Å². The Morgan fingerprint density at radius 1 is 1.31 bits per heavy atom. The van der Waals surface area contributed by atoms with Gasteiger partial charge in [0.15, 0.2) is 5.60 Å². The summed E-state index contributed by atoms with van der Waals surface area (Å²) in [6, 6.07) is 3.37. The molecule has 0 aliphatic carbocycles. The zero-order valence-electron chi connectivity index (χ0n) is 9.87. The maximum absolute atomic E-state index is 11.0. The van der Waals surface area contributed by atoms with Crippen molar-refractivity contribution in [2.45, 2.75) is 26.4 Å². The molecule has 4 heteroatoms. The number of aliphatic carboxylic acids is 1. The van der Waals surface area contributed by atoms with Crippen molar-refractivity contribution in [2.24, 2.45) is 0 Å². The van der Waals surface area contributed by atoms with Crippen molar-refractivity contribution < 1.29 is 19.7 Å². The zero-order chi connectivity index (χ0) is 12.5. The highest BCUT2D eigenvalue weighted by molar-refractivity contribution is 5.79. The van der Waals surface area contributed by atoms with E-state index in [1.807, 2.05) is 0 Å². The van der Waals surface area contributed by atoms with Gasteiger partial charge in [0.05, 0.1) is 7.11 Å². The molecule has 4 nitrogen and oxygen atoms in total. The summed E-state index contributed by atoms with van der Waals surface area (Å²) < 4.78 is 5.12. The molecule has 2 N–H and O–H groups in total. The number of hydrogen-bond acceptors (Lipinski definition) is 3. The second-order valence-corrected chi connectivity index (χ2v) is 4.01. The fraction of sp³-hybridized carbons (Fsp3) is 0.417. The normalized spacial score (nSPS) is 14.3. The summed E-state index contributed by atoms with van der Waals surface area (Å²) in [5.74, 6) is -0.581. The Morgan fingerprint density at radius 2 is 1.88 bits per heavy atom. The molecule has 0 heterocycles. The molecule has 0 aromatic heterocycles. The summed E-state index contributed by atoms with van der Waals surface area (Å²) in [5, 5.41) is 18.8. The Hall–Kier alpha value is -1.55. The molecule has 88 valence electrons. The van der Waals surface area contributed by atoms with Gasteiger partial charge >= 0.3 is 5.97 Å². The highest BCUT2D eigenvalue weighted by atomic mass is 16.5. The molecule has 1 atom stereocenters. The summed E-state index contributed by atoms with van der Waals surface area (Å²) in [6.45, 7) is 4.82. The molecule has 16 heavy (non-hydrogen) atoms. The second-order valence-electron chi connectivity index (χ2n) is 4.01. The maximum Gasteiger partial charge on any atom is 0.340 e. The molecule has 0 saturated heterocycles. The van der Waals surface area contributed by atoms with E-state index in [2.05, 4.69) is 0 Å². The van der Waals surface area contributed by atoms with Crippen LogP contribution in [0.3, 0.4) is 0 Å². The fourth-order valence-electron chi connectivity index (χ4n) is 1.65. The van der Waals surface area contributed by atoms with E-state index in [9.17, 15) is 9.90 Å². The van der Waals surface area contributed by atoms with Crippen molar-refractivity contribution in [2.75, 3.05) is 7.11 Å². The monoisotopic (exact) mass is 224 g/mol. The average molecular weight is 224 g/mol. The van der Waals surface area contributed by atoms with Crippen molar-refractivity contribution in [3.8, 4) is 5.75 Å². The number of aliphatic hydroxyl groups is 1. The second kappa shape index (κ2) is 4.14. The van der Waals surface area contributed by atoms with E-state index in [0.717, 1.165) is 5.56 Å². The van der Waals surface area contributed by atoms with Gasteiger partial charge in [-0.25, -0.2) is 4.79 Å². The number of carbonyl (C=O) groups is 1. The minimum Gasteiger partial charge on any atom is -0.496 e. The fourth-order valence-corrected chi connectivity index (χ4v) is 1.65. The predicted molar refractivity (Wildman–Crippen MR) is 59.7 cm³/mol. The SMILES string of the molecule is COc1cc(C)c(C(C)(O)C(=O)O)cc1C. The Labute approximate surface area is 94.5 Å². The molecule has 0 bridgehead atoms. The third kappa shape index (κ3) is 2.02. The Bertz CT molecular complexity index is 421. The Morgan fingerprint density at radius 3 is 2.31 bits per heavy atom. The van der Waals surface area contributed by atoms with Crippen LogP contribution in [0.25, 0.3) is 0 Å². The molecule has 1 unspecified atom stereocenters. The number of rotatable bonds is 3. The van der Waals surface area contributed by atoms with Crippen molar-refractivity contribution >= 4 is 5.97 Å². The smallest absolute Gasteiger partial charge is 0.340 e. The highest BCUT2D eigenvalue weighted by Gasteiger charge is 2.34. The van der Waals surface area contributed by atoms with Crippen molar-refractivity contribution in [1.29, 1.82) is 0 Å². The molecule has 0 radical (unpaired) electrons. The van der Waals surface area contributed by atoms with Gasteiger partial charge in [-0.3, -0.25) is 0 Å². The van der Waals surface area contributed by atoms with E-state index >= 15 is 0 Å². The lowest BCUT2D eigenvalue weighted by molar-refractivity contribution is -0.157. The van der Waals surface area contributed by atoms with Gasteiger partial charge in [-0.05, 0) is 49.6 Å². The van der Waals surface area contributed by atoms with Crippen LogP contribution in [-0.4, -0.2) is 23.3 Å². The first-order valence-electron chi connectivity index (χ1n) is 4.92. The summed E-state index contributed by atoms with van der Waals surface area (Å²) in [4.78, 5) is 11.0. The molecule has 0 aliphatic rings. The molecule has 0 amide bonds. The van der Waals surface area contributed by atoms with Gasteiger partial charge in [-0.15, -0.1) is 0 Å². The Balaban J connectivity index is 3.37. The van der Waals surface area contributed by atoms with Crippen LogP contribution < -0.4 is 4.74 Å². The summed E-state index contributed by atoms with van der Waals surface area (Å²) in [7, 11) is 1.55. The topological polar surface area (TPSA) is 66.8 Å². The van der Waals surface area contributed by atoms with Gasteiger partial charge in [0, 0.05) is 0 Å². The van der Waals surface area contributed by atoms with Gasteiger partial charge < -0.3 is 14.9 Å². The van der Waals surface area contributed by atoms with Crippen molar-refractivity contribution in [1.82, 2.24) is 0 Å². The van der Waals surface area contributed by atoms with E-state index in [-0.39, 0.29) is 0 Å². The number of carboxylic acids is 1. The average Bonchev–Trinajstić information content (AvgIpc) is 2.20. The molecule has 0 spiro atoms. The molecule has 1 rings (SSSR count). The molecule has 1 aromatic rings. The van der Waals surface area contributed by atoms with Crippen LogP contribution in [0.15, 0.2) is 12.1 Å². The van der Waals surface area contributed by atoms with Crippen LogP contribution in [0, 0.1) is 13.8 Å². The third-order valence-electron chi connectivity index (χ3n) is 2.68. The highest BCUT2D eigenvalue weighted by Crippen LogP contribution is 2.30. The lowest BCUT2D eigenvalue weighted by Gasteiger charge is -2.22. The minimum atomic E-state index is -1.87. The molecule has 0 saturated carbocycles. The van der Waals surface area contributed by atoms with Gasteiger partial charge in [0.1, 0.15) is 5.75 Å². The van der Waals surface area contributed by atoms with Crippen LogP contribution in [0.5, 0.6) is 5.75 Å². The largest absolute Gasteiger partial charge is 0.496 e. The first-order chi connectivity index (χ1) is 7.30. The summed E-state index contributed by atoms with van der Waals surface area (Å²) in [5.41, 5.74) is -0.000954. The first-order valence-corrected chi connectivity index (χ1v) is 4.92. The van der Waals surface area contributed by atoms with Crippen LogP contribution >= 0.6 is 0 Å². The summed E-state index contributed by atoms with van der Waals surface area (Å²) in [6.07, 6.45) is 0. The zero-order valence-corrected chi connectivity index (χ0v) is 9.87. The number of hydrogen-bond donors (Lipinski definition) is 2. The van der Waals surface area contributed by atoms with E-state index in [0.29, 0.717) is 16.9 Å². The van der Waals surface area contributed by atoms with Gasteiger partial charge in [-0.2, -0.15) is 0 Å². The molecule has 1 aromatic carbocycles. The van der Waals surface area contributed by atoms with Crippen LogP contribution in [-0.2, 0) is 10.4 Å². The number of benzene rings is 1. The van der Waals surface area contributed by atoms with E-state index in [1.54, 1.807) is 33.1 Å². The van der Waals surface area contributed by atoms with E-state index < -0.39 is 11.6 Å². The quantitative estimate of drug-likeness (QED) is 0.818. The van der Waals surface area contributed by atoms with Crippen LogP contribution in [0.4, 0.5) is 0 Å². The molecular weight excluding hydrogens is 208 g/mol. The Kier molecular flexibility index (Phi) is 3.24.